The molecule has 4 aromatic rings. The van der Waals surface area contributed by atoms with Gasteiger partial charge in [-0.25, -0.2) is 4.98 Å². The molecule has 2 aromatic heterocycles. The van der Waals surface area contributed by atoms with Gasteiger partial charge in [0.1, 0.15) is 4.34 Å². The fraction of sp³-hybridized carbons (Fsp3) is 0.0500. The Bertz CT molecular complexity index is 1330. The number of nitro groups is 1. The van der Waals surface area contributed by atoms with E-state index in [9.17, 15) is 14.9 Å². The largest absolute Gasteiger partial charge is 0.283 e. The van der Waals surface area contributed by atoms with Crippen LogP contribution in [0.5, 0.6) is 0 Å². The summed E-state index contributed by atoms with van der Waals surface area (Å²) in [4.78, 5) is 28.1. The number of nitrogens with zero attached hydrogens (tertiary/aromatic N) is 4. The van der Waals surface area contributed by atoms with E-state index in [1.54, 1.807) is 12.1 Å². The van der Waals surface area contributed by atoms with E-state index in [-0.39, 0.29) is 15.6 Å². The Balaban J connectivity index is 1.75. The van der Waals surface area contributed by atoms with Gasteiger partial charge in [-0.15, -0.1) is 11.3 Å². The Labute approximate surface area is 194 Å². The molecule has 0 saturated heterocycles. The molecule has 0 bridgehead atoms. The first-order valence-corrected chi connectivity index (χ1v) is 11.2. The van der Waals surface area contributed by atoms with Gasteiger partial charge in [-0.05, 0) is 48.4 Å². The van der Waals surface area contributed by atoms with E-state index in [1.165, 1.54) is 35.8 Å². The van der Waals surface area contributed by atoms with E-state index in [1.807, 2.05) is 25.1 Å². The van der Waals surface area contributed by atoms with Gasteiger partial charge in [-0.3, -0.25) is 14.9 Å². The van der Waals surface area contributed by atoms with Crippen LogP contribution in [-0.4, -0.2) is 22.0 Å². The number of rotatable bonds is 5. The van der Waals surface area contributed by atoms with Gasteiger partial charge in [0.15, 0.2) is 0 Å². The summed E-state index contributed by atoms with van der Waals surface area (Å²) >= 11 is 14.6. The van der Waals surface area contributed by atoms with Crippen molar-refractivity contribution in [1.82, 2.24) is 4.98 Å². The van der Waals surface area contributed by atoms with E-state index in [4.69, 9.17) is 23.2 Å². The number of amides is 1. The average molecular weight is 491 g/mol. The molecule has 0 fully saturated rings. The van der Waals surface area contributed by atoms with Crippen LogP contribution in [-0.2, 0) is 0 Å². The first-order chi connectivity index (χ1) is 14.8. The molecule has 1 amide bonds. The normalized spacial score (nSPS) is 11.3. The van der Waals surface area contributed by atoms with Crippen LogP contribution in [0, 0.1) is 17.0 Å². The number of thiazole rings is 1. The minimum atomic E-state index is -0.484. The number of thiophene rings is 1. The SMILES string of the molecule is Cc1ccc2nc(N(/N=C/c3ccc([N+](=O)[O-])cc3)C(=O)c3cc(Cl)sc3Cl)sc2c1. The first kappa shape index (κ1) is 21.4. The molecule has 156 valence electrons. The number of carbonyl (C=O) groups excluding carboxylic acids is 1. The lowest BCUT2D eigenvalue weighted by molar-refractivity contribution is -0.384. The summed E-state index contributed by atoms with van der Waals surface area (Å²) < 4.78 is 1.54. The molecule has 0 saturated carbocycles. The van der Waals surface area contributed by atoms with Gasteiger partial charge in [0.2, 0.25) is 5.13 Å². The molecule has 2 aromatic carbocycles. The third-order valence-electron chi connectivity index (χ3n) is 4.22. The van der Waals surface area contributed by atoms with Crippen molar-refractivity contribution in [3.05, 3.63) is 84.0 Å². The number of carbonyl (C=O) groups is 1. The summed E-state index contributed by atoms with van der Waals surface area (Å²) in [5, 5.41) is 16.7. The van der Waals surface area contributed by atoms with Crippen molar-refractivity contribution in [3.8, 4) is 0 Å². The fourth-order valence-corrected chi connectivity index (χ4v) is 5.17. The molecular formula is C20H12Cl2N4O3S2. The number of fused-ring (bicyclic) bond motifs is 1. The molecule has 31 heavy (non-hydrogen) atoms. The van der Waals surface area contributed by atoms with E-state index >= 15 is 0 Å². The minimum Gasteiger partial charge on any atom is -0.267 e. The Morgan fingerprint density at radius 1 is 1.16 bits per heavy atom. The second-order valence-electron chi connectivity index (χ2n) is 6.42. The number of non-ortho nitro benzene ring substituents is 1. The topological polar surface area (TPSA) is 88.7 Å². The number of hydrogen-bond donors (Lipinski definition) is 0. The first-order valence-electron chi connectivity index (χ1n) is 8.77. The molecule has 0 aliphatic heterocycles. The standard InChI is InChI=1S/C20H12Cl2N4O3S2/c1-11-2-7-15-16(8-11)30-20(24-15)25(19(27)14-9-17(21)31-18(14)22)23-10-12-3-5-13(6-4-12)26(28)29/h2-10H,1H3/b23-10+. The van der Waals surface area contributed by atoms with Crippen LogP contribution in [0.25, 0.3) is 10.2 Å². The maximum atomic E-state index is 13.2. The van der Waals surface area contributed by atoms with Gasteiger partial charge in [-0.2, -0.15) is 10.1 Å². The third kappa shape index (κ3) is 4.59. The molecule has 0 spiro atoms. The Kier molecular flexibility index (Phi) is 6.01. The highest BCUT2D eigenvalue weighted by molar-refractivity contribution is 7.22. The highest BCUT2D eigenvalue weighted by Crippen LogP contribution is 2.35. The van der Waals surface area contributed by atoms with Crippen molar-refractivity contribution in [1.29, 1.82) is 0 Å². The Morgan fingerprint density at radius 3 is 2.55 bits per heavy atom. The summed E-state index contributed by atoms with van der Waals surface area (Å²) in [7, 11) is 0. The predicted molar refractivity (Wildman–Crippen MR) is 126 cm³/mol. The summed E-state index contributed by atoms with van der Waals surface area (Å²) in [6, 6.07) is 13.1. The number of hydrazone groups is 1. The maximum absolute atomic E-state index is 13.2. The lowest BCUT2D eigenvalue weighted by Gasteiger charge is -2.13. The highest BCUT2D eigenvalue weighted by Gasteiger charge is 2.25. The number of anilines is 1. The van der Waals surface area contributed by atoms with Crippen LogP contribution in [0.1, 0.15) is 21.5 Å². The predicted octanol–water partition coefficient (Wildman–Crippen LogP) is 6.56. The van der Waals surface area contributed by atoms with Crippen LogP contribution in [0.4, 0.5) is 10.8 Å². The van der Waals surface area contributed by atoms with E-state index < -0.39 is 10.8 Å². The molecule has 11 heteroatoms. The summed E-state index contributed by atoms with van der Waals surface area (Å²) in [5.74, 6) is -0.484. The van der Waals surface area contributed by atoms with Crippen LogP contribution < -0.4 is 5.01 Å². The summed E-state index contributed by atoms with van der Waals surface area (Å²) in [6.45, 7) is 1.97. The molecule has 0 unspecified atom stereocenters. The molecule has 4 rings (SSSR count). The molecule has 0 atom stereocenters. The molecule has 7 nitrogen and oxygen atoms in total. The zero-order valence-electron chi connectivity index (χ0n) is 15.8. The van der Waals surface area contributed by atoms with Gasteiger partial charge in [0.25, 0.3) is 11.6 Å². The Hall–Kier alpha value is -2.85. The number of nitro benzene ring substituents is 1. The van der Waals surface area contributed by atoms with Gasteiger partial charge >= 0.3 is 0 Å². The van der Waals surface area contributed by atoms with Crippen molar-refractivity contribution in [2.75, 3.05) is 5.01 Å². The molecule has 0 radical (unpaired) electrons. The van der Waals surface area contributed by atoms with E-state index in [0.717, 1.165) is 32.1 Å². The van der Waals surface area contributed by atoms with Crippen molar-refractivity contribution < 1.29 is 9.72 Å². The molecular weight excluding hydrogens is 479 g/mol. The summed E-state index contributed by atoms with van der Waals surface area (Å²) in [6.07, 6.45) is 1.43. The molecule has 2 heterocycles. The van der Waals surface area contributed by atoms with Gasteiger partial charge in [-0.1, -0.05) is 40.6 Å². The lowest BCUT2D eigenvalue weighted by Crippen LogP contribution is -2.25. The average Bonchev–Trinajstić information content (AvgIpc) is 3.30. The zero-order chi connectivity index (χ0) is 22.1. The molecule has 0 N–H and O–H groups in total. The number of aromatic nitrogens is 1. The van der Waals surface area contributed by atoms with Gasteiger partial charge < -0.3 is 0 Å². The van der Waals surface area contributed by atoms with Crippen molar-refractivity contribution in [2.24, 2.45) is 5.10 Å². The van der Waals surface area contributed by atoms with Crippen molar-refractivity contribution in [3.63, 3.8) is 0 Å². The van der Waals surface area contributed by atoms with Crippen LogP contribution in [0.3, 0.4) is 0 Å². The number of aryl methyl sites for hydroxylation is 1. The third-order valence-corrected chi connectivity index (χ3v) is 6.70. The zero-order valence-corrected chi connectivity index (χ0v) is 18.9. The highest BCUT2D eigenvalue weighted by atomic mass is 35.5. The number of halogens is 2. The van der Waals surface area contributed by atoms with Gasteiger partial charge in [0, 0.05) is 12.1 Å². The lowest BCUT2D eigenvalue weighted by atomic mass is 10.2. The van der Waals surface area contributed by atoms with Gasteiger partial charge in [0.05, 0.1) is 31.3 Å². The second-order valence-corrected chi connectivity index (χ2v) is 9.71. The van der Waals surface area contributed by atoms with E-state index in [0.29, 0.717) is 15.0 Å². The fourth-order valence-electron chi connectivity index (χ4n) is 2.71. The van der Waals surface area contributed by atoms with Crippen molar-refractivity contribution >= 4 is 79.0 Å². The monoisotopic (exact) mass is 490 g/mol. The number of hydrogen-bond acceptors (Lipinski definition) is 7. The molecule has 0 aliphatic carbocycles. The minimum absolute atomic E-state index is 0.0358. The molecule has 0 aliphatic rings. The quantitative estimate of drug-likeness (QED) is 0.180. The second kappa shape index (κ2) is 8.72. The van der Waals surface area contributed by atoms with Crippen molar-refractivity contribution in [2.45, 2.75) is 6.92 Å². The van der Waals surface area contributed by atoms with E-state index in [2.05, 4.69) is 10.1 Å². The summed E-state index contributed by atoms with van der Waals surface area (Å²) in [5.41, 5.74) is 2.57. The number of benzene rings is 2. The smallest absolute Gasteiger partial charge is 0.267 e. The van der Waals surface area contributed by atoms with Crippen LogP contribution in [0.15, 0.2) is 53.6 Å². The van der Waals surface area contributed by atoms with Crippen LogP contribution in [0.2, 0.25) is 8.67 Å². The van der Waals surface area contributed by atoms with Crippen LogP contribution >= 0.6 is 45.9 Å². The maximum Gasteiger partial charge on any atom is 0.283 e. The Morgan fingerprint density at radius 2 is 1.90 bits per heavy atom.